The largest absolute Gasteiger partial charge is 0.300 e. The smallest absolute Gasteiger partial charge is 0.135 e. The van der Waals surface area contributed by atoms with Crippen LogP contribution < -0.4 is 0 Å². The van der Waals surface area contributed by atoms with Gasteiger partial charge in [0.25, 0.3) is 0 Å². The lowest BCUT2D eigenvalue weighted by atomic mass is 10.2. The number of ketones is 1. The highest BCUT2D eigenvalue weighted by Crippen LogP contribution is 2.22. The summed E-state index contributed by atoms with van der Waals surface area (Å²) >= 11 is 1.83. The standard InChI is InChI=1S/C7H10OS/c1-2-7-5-6(8)3-4-9-7/h2,7H,1,3-5H2. The fourth-order valence-electron chi connectivity index (χ4n) is 0.861. The molecule has 1 fully saturated rings. The molecule has 1 aliphatic heterocycles. The van der Waals surface area contributed by atoms with Crippen molar-refractivity contribution in [2.75, 3.05) is 5.75 Å². The van der Waals surface area contributed by atoms with Gasteiger partial charge in [0.15, 0.2) is 0 Å². The van der Waals surface area contributed by atoms with Crippen LogP contribution in [0, 0.1) is 0 Å². The molecule has 0 bridgehead atoms. The highest BCUT2D eigenvalue weighted by atomic mass is 32.2. The van der Waals surface area contributed by atoms with Crippen LogP contribution >= 0.6 is 11.8 Å². The second-order valence-electron chi connectivity index (χ2n) is 2.14. The van der Waals surface area contributed by atoms with Gasteiger partial charge in [0.1, 0.15) is 5.78 Å². The minimum atomic E-state index is 0.388. The van der Waals surface area contributed by atoms with E-state index in [0.717, 1.165) is 12.2 Å². The summed E-state index contributed by atoms with van der Waals surface area (Å²) in [5, 5.41) is 0.395. The molecule has 0 aromatic heterocycles. The number of carbonyl (C=O) groups excluding carboxylic acids is 1. The summed E-state index contributed by atoms with van der Waals surface area (Å²) in [6.07, 6.45) is 3.32. The summed E-state index contributed by atoms with van der Waals surface area (Å²) in [4.78, 5) is 10.8. The number of Topliss-reactive ketones (excluding diaryl/α,β-unsaturated/α-hetero) is 1. The van der Waals surface area contributed by atoms with E-state index >= 15 is 0 Å². The number of carbonyl (C=O) groups is 1. The lowest BCUT2D eigenvalue weighted by molar-refractivity contribution is -0.118. The predicted octanol–water partition coefficient (Wildman–Crippen LogP) is 1.64. The van der Waals surface area contributed by atoms with Crippen LogP contribution in [0.1, 0.15) is 12.8 Å². The minimum absolute atomic E-state index is 0.388. The van der Waals surface area contributed by atoms with Gasteiger partial charge in [0, 0.05) is 23.8 Å². The normalized spacial score (nSPS) is 28.0. The van der Waals surface area contributed by atoms with Crippen molar-refractivity contribution in [3.8, 4) is 0 Å². The highest BCUT2D eigenvalue weighted by molar-refractivity contribution is 8.00. The topological polar surface area (TPSA) is 17.1 Å². The Morgan fingerprint density at radius 3 is 3.00 bits per heavy atom. The van der Waals surface area contributed by atoms with Crippen molar-refractivity contribution in [2.45, 2.75) is 18.1 Å². The summed E-state index contributed by atoms with van der Waals surface area (Å²) in [6, 6.07) is 0. The van der Waals surface area contributed by atoms with Crippen LogP contribution in [0.25, 0.3) is 0 Å². The lowest BCUT2D eigenvalue weighted by Gasteiger charge is -2.15. The zero-order valence-electron chi connectivity index (χ0n) is 5.30. The number of thioether (sulfide) groups is 1. The van der Waals surface area contributed by atoms with Crippen LogP contribution in [-0.4, -0.2) is 16.8 Å². The van der Waals surface area contributed by atoms with E-state index in [1.807, 2.05) is 17.8 Å². The van der Waals surface area contributed by atoms with Crippen LogP contribution in [0.4, 0.5) is 0 Å². The summed E-state index contributed by atoms with van der Waals surface area (Å²) in [5.74, 6) is 1.37. The molecule has 0 N–H and O–H groups in total. The van der Waals surface area contributed by atoms with Crippen molar-refractivity contribution in [1.82, 2.24) is 0 Å². The molecule has 50 valence electrons. The van der Waals surface area contributed by atoms with E-state index in [1.165, 1.54) is 0 Å². The molecule has 1 atom stereocenters. The van der Waals surface area contributed by atoms with Crippen molar-refractivity contribution in [3.05, 3.63) is 12.7 Å². The minimum Gasteiger partial charge on any atom is -0.300 e. The predicted molar refractivity (Wildman–Crippen MR) is 40.7 cm³/mol. The average molecular weight is 142 g/mol. The monoisotopic (exact) mass is 142 g/mol. The highest BCUT2D eigenvalue weighted by Gasteiger charge is 2.16. The van der Waals surface area contributed by atoms with Gasteiger partial charge in [-0.2, -0.15) is 11.8 Å². The summed E-state index contributed by atoms with van der Waals surface area (Å²) < 4.78 is 0. The third-order valence-corrected chi connectivity index (χ3v) is 2.63. The maximum atomic E-state index is 10.8. The summed E-state index contributed by atoms with van der Waals surface area (Å²) in [6.45, 7) is 3.65. The average Bonchev–Trinajstić information content (AvgIpc) is 1.88. The molecule has 1 saturated heterocycles. The first kappa shape index (κ1) is 6.87. The van der Waals surface area contributed by atoms with Crippen molar-refractivity contribution >= 4 is 17.5 Å². The van der Waals surface area contributed by atoms with Crippen LogP contribution in [0.5, 0.6) is 0 Å². The number of hydrogen-bond donors (Lipinski definition) is 0. The van der Waals surface area contributed by atoms with Gasteiger partial charge in [0.2, 0.25) is 0 Å². The van der Waals surface area contributed by atoms with Gasteiger partial charge in [-0.1, -0.05) is 6.08 Å². The number of hydrogen-bond acceptors (Lipinski definition) is 2. The van der Waals surface area contributed by atoms with Gasteiger partial charge in [-0.15, -0.1) is 6.58 Å². The Morgan fingerprint density at radius 1 is 1.78 bits per heavy atom. The van der Waals surface area contributed by atoms with E-state index in [1.54, 1.807) is 0 Å². The molecule has 0 radical (unpaired) electrons. The van der Waals surface area contributed by atoms with Gasteiger partial charge in [-0.3, -0.25) is 4.79 Å². The van der Waals surface area contributed by atoms with Gasteiger partial charge in [0.05, 0.1) is 0 Å². The van der Waals surface area contributed by atoms with Crippen molar-refractivity contribution in [2.24, 2.45) is 0 Å². The molecule has 1 unspecified atom stereocenters. The van der Waals surface area contributed by atoms with E-state index in [4.69, 9.17) is 0 Å². The molecule has 1 aliphatic rings. The van der Waals surface area contributed by atoms with E-state index < -0.39 is 0 Å². The molecule has 0 aliphatic carbocycles. The Kier molecular flexibility index (Phi) is 2.34. The first-order chi connectivity index (χ1) is 4.33. The van der Waals surface area contributed by atoms with Crippen LogP contribution in [0.2, 0.25) is 0 Å². The molecule has 2 heteroatoms. The van der Waals surface area contributed by atoms with Crippen molar-refractivity contribution < 1.29 is 4.79 Å². The Morgan fingerprint density at radius 2 is 2.56 bits per heavy atom. The van der Waals surface area contributed by atoms with E-state index in [-0.39, 0.29) is 0 Å². The third-order valence-electron chi connectivity index (χ3n) is 1.40. The Balaban J connectivity index is 2.40. The zero-order valence-corrected chi connectivity index (χ0v) is 6.12. The van der Waals surface area contributed by atoms with Crippen molar-refractivity contribution in [3.63, 3.8) is 0 Å². The first-order valence-electron chi connectivity index (χ1n) is 3.09. The second kappa shape index (κ2) is 3.06. The molecule has 1 heterocycles. The van der Waals surface area contributed by atoms with Gasteiger partial charge >= 0.3 is 0 Å². The quantitative estimate of drug-likeness (QED) is 0.518. The molecule has 0 spiro atoms. The van der Waals surface area contributed by atoms with Crippen molar-refractivity contribution in [1.29, 1.82) is 0 Å². The Bertz CT molecular complexity index is 131. The van der Waals surface area contributed by atoms with Crippen LogP contribution in [0.15, 0.2) is 12.7 Å². The SMILES string of the molecule is C=CC1CC(=O)CCS1. The fourth-order valence-corrected chi connectivity index (χ4v) is 1.95. The van der Waals surface area contributed by atoms with Crippen LogP contribution in [0.3, 0.4) is 0 Å². The van der Waals surface area contributed by atoms with E-state index in [0.29, 0.717) is 17.5 Å². The molecule has 0 aromatic carbocycles. The maximum absolute atomic E-state index is 10.8. The van der Waals surface area contributed by atoms with Gasteiger partial charge < -0.3 is 0 Å². The molecular weight excluding hydrogens is 132 g/mol. The fraction of sp³-hybridized carbons (Fsp3) is 0.571. The maximum Gasteiger partial charge on any atom is 0.135 e. The Labute approximate surface area is 59.5 Å². The van der Waals surface area contributed by atoms with E-state index in [2.05, 4.69) is 6.58 Å². The van der Waals surface area contributed by atoms with Crippen LogP contribution in [-0.2, 0) is 4.79 Å². The van der Waals surface area contributed by atoms with Gasteiger partial charge in [-0.05, 0) is 0 Å². The molecule has 0 aromatic rings. The Hall–Kier alpha value is -0.240. The summed E-state index contributed by atoms with van der Waals surface area (Å²) in [5.41, 5.74) is 0. The molecule has 1 rings (SSSR count). The molecule has 9 heavy (non-hydrogen) atoms. The third kappa shape index (κ3) is 1.86. The second-order valence-corrected chi connectivity index (χ2v) is 3.48. The first-order valence-corrected chi connectivity index (χ1v) is 4.13. The van der Waals surface area contributed by atoms with Gasteiger partial charge in [-0.25, -0.2) is 0 Å². The molecule has 1 nitrogen and oxygen atoms in total. The van der Waals surface area contributed by atoms with E-state index in [9.17, 15) is 4.79 Å². The molecule has 0 amide bonds. The molecule has 0 saturated carbocycles. The number of rotatable bonds is 1. The summed E-state index contributed by atoms with van der Waals surface area (Å²) in [7, 11) is 0. The lowest BCUT2D eigenvalue weighted by Crippen LogP contribution is -2.15. The molecular formula is C7H10OS. The zero-order chi connectivity index (χ0) is 6.69.